The Morgan fingerprint density at radius 3 is 1.50 bits per heavy atom. The Balaban J connectivity index is 0.000000810. The Morgan fingerprint density at radius 1 is 0.600 bits per heavy atom. The van der Waals surface area contributed by atoms with Crippen molar-refractivity contribution in [1.82, 2.24) is 0 Å². The average molecular weight is 143 g/mol. The molecule has 1 aliphatic heterocycles. The molecule has 0 saturated carbocycles. The molecule has 47 valence electrons. The second-order valence-corrected chi connectivity index (χ2v) is 1.73. The molecule has 1 aliphatic rings. The largest absolute Gasteiger partial charge is 0.171 e. The summed E-state index contributed by atoms with van der Waals surface area (Å²) in [4.78, 5) is 0. The van der Waals surface area contributed by atoms with Gasteiger partial charge >= 0.3 is 0 Å². The highest BCUT2D eigenvalue weighted by Gasteiger charge is 1.72. The monoisotopic (exact) mass is 143 g/mol. The van der Waals surface area contributed by atoms with Gasteiger partial charge in [0.2, 0.25) is 0 Å². The molecule has 0 unspecified atom stereocenters. The third kappa shape index (κ3) is 4.15. The Bertz CT molecular complexity index is 158. The van der Waals surface area contributed by atoms with Gasteiger partial charge in [-0.1, -0.05) is 36.5 Å². The van der Waals surface area contributed by atoms with E-state index in [9.17, 15) is 0 Å². The van der Waals surface area contributed by atoms with Gasteiger partial charge in [-0.2, -0.15) is 0 Å². The molecule has 0 spiro atoms. The van der Waals surface area contributed by atoms with Crippen LogP contribution < -0.4 is 0 Å². The van der Waals surface area contributed by atoms with E-state index in [1.807, 2.05) is 55.7 Å². The first kappa shape index (κ1) is 9.24. The third-order valence-corrected chi connectivity index (χ3v) is 1.00. The maximum atomic E-state index is 2.00. The van der Waals surface area contributed by atoms with Crippen LogP contribution >= 0.6 is 0 Å². The fourth-order valence-corrected chi connectivity index (χ4v) is 0.577. The second kappa shape index (κ2) is 6.36. The molecule has 10 heavy (non-hydrogen) atoms. The van der Waals surface area contributed by atoms with Crippen LogP contribution in [0, 0.1) is 0 Å². The van der Waals surface area contributed by atoms with Crippen LogP contribution in [0.25, 0.3) is 0 Å². The predicted molar refractivity (Wildman–Crippen MR) is 48.1 cm³/mol. The molecule has 0 fully saturated rings. The average Bonchev–Trinajstić information content (AvgIpc) is 2.00. The van der Waals surface area contributed by atoms with Gasteiger partial charge in [0, 0.05) is 11.0 Å². The standard InChI is InChI=1S/C8H8B.Si/c1-2-4-6-8-9-7-5-3-1;/h1-8H;. The van der Waals surface area contributed by atoms with E-state index >= 15 is 0 Å². The fraction of sp³-hybridized carbons (Fsp3) is 0. The number of allylic oxidation sites excluding steroid dienone is 6. The van der Waals surface area contributed by atoms with Crippen molar-refractivity contribution in [3.05, 3.63) is 48.4 Å². The zero-order valence-electron chi connectivity index (χ0n) is 5.70. The number of rotatable bonds is 0. The highest BCUT2D eigenvalue weighted by atomic mass is 28.1. The van der Waals surface area contributed by atoms with Gasteiger partial charge in [0.1, 0.15) is 0 Å². The van der Waals surface area contributed by atoms with Crippen LogP contribution in [0.2, 0.25) is 0 Å². The molecule has 5 radical (unpaired) electrons. The van der Waals surface area contributed by atoms with Crippen molar-refractivity contribution in [1.29, 1.82) is 0 Å². The quantitative estimate of drug-likeness (QED) is 0.450. The molecular formula is C8H8BSi. The Labute approximate surface area is 67.3 Å². The lowest BCUT2D eigenvalue weighted by atomic mass is 9.78. The van der Waals surface area contributed by atoms with Gasteiger partial charge in [-0.15, -0.1) is 12.0 Å². The molecule has 1 heterocycles. The molecule has 0 amide bonds. The van der Waals surface area contributed by atoms with Crippen LogP contribution in [0.15, 0.2) is 48.4 Å². The minimum absolute atomic E-state index is 0. The first-order valence-corrected chi connectivity index (χ1v) is 3.00. The summed E-state index contributed by atoms with van der Waals surface area (Å²) in [6.07, 6.45) is 12.0. The number of hydrogen-bond donors (Lipinski definition) is 0. The van der Waals surface area contributed by atoms with Crippen molar-refractivity contribution in [3.8, 4) is 0 Å². The molecule has 0 nitrogen and oxygen atoms in total. The highest BCUT2D eigenvalue weighted by molar-refractivity contribution is 6.48. The number of hydrogen-bond acceptors (Lipinski definition) is 0. The van der Waals surface area contributed by atoms with Gasteiger partial charge < -0.3 is 0 Å². The van der Waals surface area contributed by atoms with Crippen molar-refractivity contribution in [2.75, 3.05) is 0 Å². The van der Waals surface area contributed by atoms with Crippen LogP contribution in [-0.4, -0.2) is 18.2 Å². The van der Waals surface area contributed by atoms with Gasteiger partial charge in [0.15, 0.2) is 7.28 Å². The summed E-state index contributed by atoms with van der Waals surface area (Å²) in [7, 11) is 2.00. The van der Waals surface area contributed by atoms with Crippen LogP contribution in [0.4, 0.5) is 0 Å². The molecule has 0 aliphatic carbocycles. The summed E-state index contributed by atoms with van der Waals surface area (Å²) >= 11 is 0. The lowest BCUT2D eigenvalue weighted by molar-refractivity contribution is 1.91. The van der Waals surface area contributed by atoms with Gasteiger partial charge in [0.25, 0.3) is 0 Å². The topological polar surface area (TPSA) is 0 Å². The van der Waals surface area contributed by atoms with Crippen LogP contribution in [-0.2, 0) is 0 Å². The molecule has 0 aromatic heterocycles. The van der Waals surface area contributed by atoms with E-state index in [1.165, 1.54) is 0 Å². The Kier molecular flexibility index (Phi) is 5.88. The van der Waals surface area contributed by atoms with Crippen molar-refractivity contribution < 1.29 is 0 Å². The van der Waals surface area contributed by atoms with E-state index in [4.69, 9.17) is 0 Å². The first-order chi connectivity index (χ1) is 4.50. The SMILES string of the molecule is [B]1C=CC=CC=CC=C1.[Si]. The van der Waals surface area contributed by atoms with Crippen molar-refractivity contribution in [2.24, 2.45) is 0 Å². The molecule has 0 N–H and O–H groups in total. The van der Waals surface area contributed by atoms with E-state index in [0.717, 1.165) is 0 Å². The second-order valence-electron chi connectivity index (χ2n) is 1.73. The minimum Gasteiger partial charge on any atom is -0.117 e. The summed E-state index contributed by atoms with van der Waals surface area (Å²) in [5, 5.41) is 0. The summed E-state index contributed by atoms with van der Waals surface area (Å²) in [6, 6.07) is 0. The fourth-order valence-electron chi connectivity index (χ4n) is 0.577. The maximum Gasteiger partial charge on any atom is 0.171 e. The van der Waals surface area contributed by atoms with E-state index in [1.54, 1.807) is 0 Å². The first-order valence-electron chi connectivity index (χ1n) is 3.00. The molecule has 0 aromatic rings. The van der Waals surface area contributed by atoms with E-state index in [0.29, 0.717) is 0 Å². The third-order valence-electron chi connectivity index (χ3n) is 1.00. The van der Waals surface area contributed by atoms with Gasteiger partial charge in [-0.3, -0.25) is 0 Å². The molecular weight excluding hydrogens is 135 g/mol. The van der Waals surface area contributed by atoms with Gasteiger partial charge in [-0.05, 0) is 0 Å². The minimum atomic E-state index is 0. The summed E-state index contributed by atoms with van der Waals surface area (Å²) in [5.41, 5.74) is 0. The van der Waals surface area contributed by atoms with Crippen LogP contribution in [0.1, 0.15) is 0 Å². The summed E-state index contributed by atoms with van der Waals surface area (Å²) < 4.78 is 0. The Morgan fingerprint density at radius 2 is 1.00 bits per heavy atom. The smallest absolute Gasteiger partial charge is 0.117 e. The van der Waals surface area contributed by atoms with E-state index in [-0.39, 0.29) is 11.0 Å². The van der Waals surface area contributed by atoms with E-state index < -0.39 is 0 Å². The van der Waals surface area contributed by atoms with Gasteiger partial charge in [-0.25, -0.2) is 0 Å². The molecule has 0 bridgehead atoms. The zero-order valence-corrected chi connectivity index (χ0v) is 6.70. The van der Waals surface area contributed by atoms with Crippen molar-refractivity contribution in [3.63, 3.8) is 0 Å². The normalized spacial score (nSPS) is 14.4. The zero-order chi connectivity index (χ0) is 6.36. The highest BCUT2D eigenvalue weighted by Crippen LogP contribution is 1.85. The predicted octanol–water partition coefficient (Wildman–Crippen LogP) is 1.46. The summed E-state index contributed by atoms with van der Waals surface area (Å²) in [6.45, 7) is 0. The lowest BCUT2D eigenvalue weighted by Crippen LogP contribution is -1.72. The maximum absolute atomic E-state index is 2.00. The van der Waals surface area contributed by atoms with Crippen LogP contribution in [0.5, 0.6) is 0 Å². The molecule has 1 rings (SSSR count). The molecule has 0 saturated heterocycles. The molecule has 0 aromatic carbocycles. The Hall–Kier alpha value is -0.758. The lowest BCUT2D eigenvalue weighted by Gasteiger charge is -1.71. The van der Waals surface area contributed by atoms with Gasteiger partial charge in [0.05, 0.1) is 0 Å². The molecule has 0 atom stereocenters. The van der Waals surface area contributed by atoms with Crippen molar-refractivity contribution in [2.45, 2.75) is 0 Å². The summed E-state index contributed by atoms with van der Waals surface area (Å²) in [5.74, 6) is 4.00. The van der Waals surface area contributed by atoms with Crippen molar-refractivity contribution >= 4 is 18.2 Å². The molecule has 2 heteroatoms. The van der Waals surface area contributed by atoms with E-state index in [2.05, 4.69) is 0 Å². The van der Waals surface area contributed by atoms with Crippen LogP contribution in [0.3, 0.4) is 0 Å².